The molecule has 0 unspecified atom stereocenters. The van der Waals surface area contributed by atoms with Gasteiger partial charge in [-0.2, -0.15) is 0 Å². The van der Waals surface area contributed by atoms with Crippen LogP contribution >= 0.6 is 0 Å². The molecule has 0 aliphatic carbocycles. The number of nitrogens with one attached hydrogen (secondary N) is 1. The zero-order chi connectivity index (χ0) is 26.2. The van der Waals surface area contributed by atoms with E-state index in [1.165, 1.54) is 5.56 Å². The van der Waals surface area contributed by atoms with Crippen molar-refractivity contribution in [3.8, 4) is 5.75 Å². The quantitative estimate of drug-likeness (QED) is 0.512. The molecule has 5 rings (SSSR count). The van der Waals surface area contributed by atoms with Gasteiger partial charge < -0.3 is 19.7 Å². The summed E-state index contributed by atoms with van der Waals surface area (Å²) in [6.07, 6.45) is 4.73. The van der Waals surface area contributed by atoms with Gasteiger partial charge in [0.1, 0.15) is 5.75 Å². The number of carbonyl (C=O) groups excluding carboxylic acids is 2. The minimum Gasteiger partial charge on any atom is -0.410 e. The van der Waals surface area contributed by atoms with Gasteiger partial charge in [-0.3, -0.25) is 24.6 Å². The van der Waals surface area contributed by atoms with E-state index < -0.39 is 0 Å². The van der Waals surface area contributed by atoms with Crippen molar-refractivity contribution in [1.29, 1.82) is 0 Å². The minimum atomic E-state index is -0.377. The molecule has 2 saturated heterocycles. The molecule has 0 bridgehead atoms. The van der Waals surface area contributed by atoms with E-state index in [-0.39, 0.29) is 12.0 Å². The molecule has 38 heavy (non-hydrogen) atoms. The maximum Gasteiger partial charge on any atom is 0.415 e. The average Bonchev–Trinajstić information content (AvgIpc) is 2.96. The van der Waals surface area contributed by atoms with Crippen molar-refractivity contribution in [1.82, 2.24) is 24.7 Å². The molecular formula is C28H32N6O4. The number of nitrogens with zero attached hydrogens (tertiary/aromatic N) is 5. The molecular weight excluding hydrogens is 484 g/mol. The van der Waals surface area contributed by atoms with Crippen molar-refractivity contribution in [2.45, 2.75) is 13.1 Å². The number of amides is 2. The Bertz CT molecular complexity index is 1190. The van der Waals surface area contributed by atoms with Crippen molar-refractivity contribution in [2.75, 3.05) is 57.8 Å². The summed E-state index contributed by atoms with van der Waals surface area (Å²) in [6, 6.07) is 14.5. The summed E-state index contributed by atoms with van der Waals surface area (Å²) in [6.45, 7) is 7.59. The molecule has 3 aromatic rings. The second-order valence-electron chi connectivity index (χ2n) is 9.39. The molecule has 2 aromatic carbocycles. The molecule has 0 atom stereocenters. The third-order valence-corrected chi connectivity index (χ3v) is 6.68. The van der Waals surface area contributed by atoms with Gasteiger partial charge in [0.05, 0.1) is 18.9 Å². The number of ether oxygens (including phenoxy) is 2. The predicted molar refractivity (Wildman–Crippen MR) is 142 cm³/mol. The first kappa shape index (κ1) is 25.8. The number of morpholine rings is 1. The van der Waals surface area contributed by atoms with Gasteiger partial charge in [0.15, 0.2) is 0 Å². The topological polar surface area (TPSA) is 100 Å². The largest absolute Gasteiger partial charge is 0.415 e. The lowest BCUT2D eigenvalue weighted by Crippen LogP contribution is -2.49. The van der Waals surface area contributed by atoms with E-state index >= 15 is 0 Å². The fourth-order valence-electron chi connectivity index (χ4n) is 4.48. The van der Waals surface area contributed by atoms with Crippen molar-refractivity contribution >= 4 is 17.7 Å². The molecule has 2 amide bonds. The van der Waals surface area contributed by atoms with E-state index in [4.69, 9.17) is 9.47 Å². The molecule has 0 spiro atoms. The molecule has 0 radical (unpaired) electrons. The lowest BCUT2D eigenvalue weighted by molar-refractivity contribution is 0.0342. The van der Waals surface area contributed by atoms with Crippen LogP contribution in [-0.2, 0) is 17.8 Å². The van der Waals surface area contributed by atoms with Crippen LogP contribution in [0.5, 0.6) is 5.75 Å². The summed E-state index contributed by atoms with van der Waals surface area (Å²) in [4.78, 5) is 40.0. The maximum absolute atomic E-state index is 12.7. The van der Waals surface area contributed by atoms with Crippen LogP contribution in [0.25, 0.3) is 0 Å². The third-order valence-electron chi connectivity index (χ3n) is 6.68. The van der Waals surface area contributed by atoms with E-state index in [1.807, 2.05) is 24.3 Å². The van der Waals surface area contributed by atoms with Gasteiger partial charge in [-0.25, -0.2) is 4.79 Å². The number of hydrogen-bond acceptors (Lipinski definition) is 8. The van der Waals surface area contributed by atoms with Crippen molar-refractivity contribution < 1.29 is 19.1 Å². The second kappa shape index (κ2) is 12.6. The minimum absolute atomic E-state index is 0.188. The zero-order valence-electron chi connectivity index (χ0n) is 21.3. The molecule has 1 N–H and O–H groups in total. The summed E-state index contributed by atoms with van der Waals surface area (Å²) in [5.74, 6) is 0.245. The summed E-state index contributed by atoms with van der Waals surface area (Å²) in [5, 5.41) is 2.90. The molecule has 10 nitrogen and oxygen atoms in total. The van der Waals surface area contributed by atoms with Crippen LogP contribution < -0.4 is 10.1 Å². The average molecular weight is 517 g/mol. The van der Waals surface area contributed by atoms with Crippen LogP contribution in [-0.4, -0.2) is 89.2 Å². The van der Waals surface area contributed by atoms with E-state index in [1.54, 1.807) is 47.8 Å². The van der Waals surface area contributed by atoms with Gasteiger partial charge >= 0.3 is 6.09 Å². The lowest BCUT2D eigenvalue weighted by Gasteiger charge is -2.33. The monoisotopic (exact) mass is 516 g/mol. The van der Waals surface area contributed by atoms with Crippen LogP contribution in [0.3, 0.4) is 0 Å². The predicted octanol–water partition coefficient (Wildman–Crippen LogP) is 2.88. The van der Waals surface area contributed by atoms with E-state index in [0.717, 1.165) is 51.6 Å². The number of piperazine rings is 1. The van der Waals surface area contributed by atoms with Gasteiger partial charge in [0, 0.05) is 82.2 Å². The third kappa shape index (κ3) is 7.12. The van der Waals surface area contributed by atoms with Crippen molar-refractivity contribution in [3.63, 3.8) is 0 Å². The Morgan fingerprint density at radius 3 is 2.24 bits per heavy atom. The summed E-state index contributed by atoms with van der Waals surface area (Å²) in [7, 11) is 0. The number of hydrogen-bond donors (Lipinski definition) is 1. The van der Waals surface area contributed by atoms with Gasteiger partial charge in [-0.05, 0) is 42.0 Å². The lowest BCUT2D eigenvalue weighted by atomic mass is 10.1. The fraction of sp³-hybridized carbons (Fsp3) is 0.357. The Morgan fingerprint density at radius 1 is 0.842 bits per heavy atom. The first-order chi connectivity index (χ1) is 18.6. The Kier molecular flexibility index (Phi) is 8.54. The first-order valence-electron chi connectivity index (χ1n) is 12.9. The first-order valence-corrected chi connectivity index (χ1v) is 12.9. The molecule has 1 aromatic heterocycles. The highest BCUT2D eigenvalue weighted by Crippen LogP contribution is 2.19. The van der Waals surface area contributed by atoms with Crippen LogP contribution in [0.4, 0.5) is 10.5 Å². The van der Waals surface area contributed by atoms with E-state index in [9.17, 15) is 9.59 Å². The highest BCUT2D eigenvalue weighted by molar-refractivity contribution is 6.04. The van der Waals surface area contributed by atoms with Gasteiger partial charge in [-0.15, -0.1) is 0 Å². The summed E-state index contributed by atoms with van der Waals surface area (Å²) in [5.41, 5.74) is 3.30. The SMILES string of the molecule is O=C(Nc1ccc(OC(=O)N2CCN(Cc3cnccn3)CC2)cc1)c1ccc(CN2CCOCC2)cc1. The van der Waals surface area contributed by atoms with Gasteiger partial charge in [0.2, 0.25) is 0 Å². The Labute approximate surface area is 222 Å². The Morgan fingerprint density at radius 2 is 1.55 bits per heavy atom. The van der Waals surface area contributed by atoms with Crippen LogP contribution in [0.2, 0.25) is 0 Å². The highest BCUT2D eigenvalue weighted by atomic mass is 16.6. The molecule has 2 aliphatic rings. The van der Waals surface area contributed by atoms with E-state index in [0.29, 0.717) is 36.6 Å². The van der Waals surface area contributed by atoms with Crippen LogP contribution in [0.15, 0.2) is 67.1 Å². The molecule has 3 heterocycles. The number of benzene rings is 2. The smallest absolute Gasteiger partial charge is 0.410 e. The molecule has 198 valence electrons. The standard InChI is InChI=1S/C28H32N6O4/c35-27(23-3-1-22(2-4-23)20-33-15-17-37-18-16-33)31-24-5-7-26(8-6-24)38-28(36)34-13-11-32(12-14-34)21-25-19-29-9-10-30-25/h1-10,19H,11-18,20-21H2,(H,31,35). The number of carbonyl (C=O) groups is 2. The molecule has 2 fully saturated rings. The number of rotatable bonds is 7. The van der Waals surface area contributed by atoms with Gasteiger partial charge in [0.25, 0.3) is 5.91 Å². The van der Waals surface area contributed by atoms with Crippen LogP contribution in [0.1, 0.15) is 21.6 Å². The maximum atomic E-state index is 12.7. The van der Waals surface area contributed by atoms with Gasteiger partial charge in [-0.1, -0.05) is 12.1 Å². The normalized spacial score (nSPS) is 16.7. The molecule has 0 saturated carbocycles. The fourth-order valence-corrected chi connectivity index (χ4v) is 4.48. The molecule has 2 aliphatic heterocycles. The summed E-state index contributed by atoms with van der Waals surface area (Å²) >= 11 is 0. The summed E-state index contributed by atoms with van der Waals surface area (Å²) < 4.78 is 10.9. The Balaban J connectivity index is 1.06. The van der Waals surface area contributed by atoms with E-state index in [2.05, 4.69) is 25.1 Å². The van der Waals surface area contributed by atoms with Crippen molar-refractivity contribution in [3.05, 3.63) is 83.9 Å². The number of aromatic nitrogens is 2. The molecule has 10 heteroatoms. The number of anilines is 1. The second-order valence-corrected chi connectivity index (χ2v) is 9.39. The Hall–Kier alpha value is -3.86. The highest BCUT2D eigenvalue weighted by Gasteiger charge is 2.23. The van der Waals surface area contributed by atoms with Crippen molar-refractivity contribution in [2.24, 2.45) is 0 Å². The van der Waals surface area contributed by atoms with Crippen LogP contribution in [0, 0.1) is 0 Å². The zero-order valence-corrected chi connectivity index (χ0v) is 21.3.